The molecule has 0 radical (unpaired) electrons. The molecular formula is C21H26N2O2. The normalized spacial score (nSPS) is 40.3. The number of carbonyl (C=O) groups excluding carboxylic acids is 1. The number of piperidine rings is 1. The number of benzene rings is 1. The van der Waals surface area contributed by atoms with E-state index < -0.39 is 0 Å². The summed E-state index contributed by atoms with van der Waals surface area (Å²) in [5.74, 6) is 0.621. The summed E-state index contributed by atoms with van der Waals surface area (Å²) in [7, 11) is 0. The number of para-hydroxylation sites is 1. The fourth-order valence-corrected chi connectivity index (χ4v) is 6.69. The standard InChI is InChI=1S/C21H26N2O2/c1-3-14-11-22-9-8-21-17-6-4-5-7-18(17)23(13(2)25)20(21)16(12-24)15(14)10-19(21)22/h3-7,15-16,19-20,24H,8-12H2,1-2H3/b14-3+/t15-,16-,19-,20-,21?/m0/s1. The predicted octanol–water partition coefficient (Wildman–Crippen LogP) is 2.32. The second-order valence-electron chi connectivity index (χ2n) is 8.18. The molecule has 4 nitrogen and oxygen atoms in total. The van der Waals surface area contributed by atoms with Crippen molar-refractivity contribution in [2.75, 3.05) is 24.6 Å². The summed E-state index contributed by atoms with van der Waals surface area (Å²) in [6.07, 6.45) is 4.44. The number of nitrogens with zero attached hydrogens (tertiary/aromatic N) is 2. The topological polar surface area (TPSA) is 43.8 Å². The summed E-state index contributed by atoms with van der Waals surface area (Å²) >= 11 is 0. The van der Waals surface area contributed by atoms with Crippen LogP contribution in [0.25, 0.3) is 0 Å². The van der Waals surface area contributed by atoms with E-state index in [-0.39, 0.29) is 29.9 Å². The van der Waals surface area contributed by atoms with E-state index in [1.54, 1.807) is 6.92 Å². The summed E-state index contributed by atoms with van der Waals surface area (Å²) in [5.41, 5.74) is 3.86. The highest BCUT2D eigenvalue weighted by Crippen LogP contribution is 2.63. The van der Waals surface area contributed by atoms with E-state index in [9.17, 15) is 9.90 Å². The first-order chi connectivity index (χ1) is 12.1. The van der Waals surface area contributed by atoms with E-state index in [0.717, 1.165) is 31.6 Å². The van der Waals surface area contributed by atoms with Crippen molar-refractivity contribution in [1.29, 1.82) is 0 Å². The van der Waals surface area contributed by atoms with Crippen molar-refractivity contribution in [1.82, 2.24) is 4.90 Å². The number of fused-ring (bicyclic) bond motifs is 2. The monoisotopic (exact) mass is 338 g/mol. The Morgan fingerprint density at radius 2 is 2.20 bits per heavy atom. The summed E-state index contributed by atoms with van der Waals surface area (Å²) in [6, 6.07) is 9.04. The summed E-state index contributed by atoms with van der Waals surface area (Å²) in [6.45, 7) is 6.06. The minimum atomic E-state index is -0.00850. The smallest absolute Gasteiger partial charge is 0.224 e. The molecule has 3 heterocycles. The lowest BCUT2D eigenvalue weighted by molar-refractivity contribution is -0.118. The largest absolute Gasteiger partial charge is 0.396 e. The van der Waals surface area contributed by atoms with E-state index >= 15 is 0 Å². The second-order valence-corrected chi connectivity index (χ2v) is 8.18. The fraction of sp³-hybridized carbons (Fsp3) is 0.571. The van der Waals surface area contributed by atoms with Gasteiger partial charge in [-0.15, -0.1) is 0 Å². The van der Waals surface area contributed by atoms with Crippen molar-refractivity contribution in [3.8, 4) is 0 Å². The summed E-state index contributed by atoms with van der Waals surface area (Å²) < 4.78 is 0. The molecule has 4 heteroatoms. The Morgan fingerprint density at radius 1 is 1.40 bits per heavy atom. The van der Waals surface area contributed by atoms with Crippen molar-refractivity contribution in [2.24, 2.45) is 11.8 Å². The van der Waals surface area contributed by atoms with Crippen molar-refractivity contribution >= 4 is 11.6 Å². The molecule has 132 valence electrons. The number of hydrogen-bond acceptors (Lipinski definition) is 3. The molecule has 1 aromatic rings. The van der Waals surface area contributed by atoms with E-state index in [0.29, 0.717) is 12.0 Å². The van der Waals surface area contributed by atoms with E-state index in [4.69, 9.17) is 0 Å². The first kappa shape index (κ1) is 15.6. The van der Waals surface area contributed by atoms with Gasteiger partial charge in [0.05, 0.1) is 6.04 Å². The molecule has 0 aromatic heterocycles. The molecule has 1 unspecified atom stereocenters. The number of allylic oxidation sites excluding steroid dienone is 1. The van der Waals surface area contributed by atoms with Crippen LogP contribution in [0.2, 0.25) is 0 Å². The number of amides is 1. The molecule has 1 amide bonds. The van der Waals surface area contributed by atoms with Gasteiger partial charge < -0.3 is 10.0 Å². The van der Waals surface area contributed by atoms with Crippen LogP contribution in [0.5, 0.6) is 0 Å². The minimum absolute atomic E-state index is 0.00850. The molecular weight excluding hydrogens is 312 g/mol. The minimum Gasteiger partial charge on any atom is -0.396 e. The maximum absolute atomic E-state index is 12.7. The van der Waals surface area contributed by atoms with Crippen LogP contribution in [0.15, 0.2) is 35.9 Å². The highest BCUT2D eigenvalue weighted by molar-refractivity contribution is 5.96. The van der Waals surface area contributed by atoms with Crippen LogP contribution in [-0.4, -0.2) is 47.7 Å². The maximum Gasteiger partial charge on any atom is 0.224 e. The maximum atomic E-state index is 12.7. The zero-order chi connectivity index (χ0) is 17.3. The quantitative estimate of drug-likeness (QED) is 0.799. The number of hydrogen-bond donors (Lipinski definition) is 1. The van der Waals surface area contributed by atoms with Gasteiger partial charge in [0.15, 0.2) is 0 Å². The Kier molecular flexibility index (Phi) is 3.23. The highest BCUT2D eigenvalue weighted by atomic mass is 16.3. The van der Waals surface area contributed by atoms with Crippen molar-refractivity contribution in [2.45, 2.75) is 44.2 Å². The van der Waals surface area contributed by atoms with Crippen LogP contribution in [-0.2, 0) is 10.2 Å². The molecule has 1 aliphatic carbocycles. The lowest BCUT2D eigenvalue weighted by Crippen LogP contribution is -2.65. The number of aliphatic hydroxyl groups is 1. The van der Waals surface area contributed by atoms with Crippen molar-refractivity contribution in [3.63, 3.8) is 0 Å². The van der Waals surface area contributed by atoms with Crippen molar-refractivity contribution < 1.29 is 9.90 Å². The molecule has 5 atom stereocenters. The van der Waals surface area contributed by atoms with Crippen LogP contribution in [0.1, 0.15) is 32.3 Å². The molecule has 2 saturated heterocycles. The van der Waals surface area contributed by atoms with Crippen LogP contribution >= 0.6 is 0 Å². The predicted molar refractivity (Wildman–Crippen MR) is 97.5 cm³/mol. The molecule has 1 N–H and O–H groups in total. The molecule has 3 aliphatic heterocycles. The first-order valence-corrected chi connectivity index (χ1v) is 9.52. The molecule has 4 aliphatic rings. The van der Waals surface area contributed by atoms with E-state index in [1.807, 2.05) is 11.0 Å². The molecule has 5 rings (SSSR count). The second kappa shape index (κ2) is 5.18. The third-order valence-electron chi connectivity index (χ3n) is 7.50. The van der Waals surface area contributed by atoms with E-state index in [1.165, 1.54) is 11.1 Å². The van der Waals surface area contributed by atoms with Crippen LogP contribution < -0.4 is 4.90 Å². The molecule has 25 heavy (non-hydrogen) atoms. The number of rotatable bonds is 1. The Balaban J connectivity index is 1.77. The van der Waals surface area contributed by atoms with Gasteiger partial charge in [0.25, 0.3) is 0 Å². The van der Waals surface area contributed by atoms with Crippen LogP contribution in [0, 0.1) is 11.8 Å². The molecule has 1 saturated carbocycles. The third kappa shape index (κ3) is 1.72. The molecule has 3 fully saturated rings. The van der Waals surface area contributed by atoms with Crippen LogP contribution in [0.3, 0.4) is 0 Å². The zero-order valence-electron chi connectivity index (χ0n) is 15.0. The molecule has 1 spiro atoms. The van der Waals surface area contributed by atoms with Gasteiger partial charge in [-0.2, -0.15) is 0 Å². The Hall–Kier alpha value is -1.65. The van der Waals surface area contributed by atoms with Gasteiger partial charge in [-0.05, 0) is 43.9 Å². The first-order valence-electron chi connectivity index (χ1n) is 9.52. The van der Waals surface area contributed by atoms with Gasteiger partial charge >= 0.3 is 0 Å². The average molecular weight is 338 g/mol. The Labute approximate surface area is 149 Å². The van der Waals surface area contributed by atoms with Gasteiger partial charge in [0.2, 0.25) is 5.91 Å². The van der Waals surface area contributed by atoms with Gasteiger partial charge in [-0.3, -0.25) is 9.69 Å². The Morgan fingerprint density at radius 3 is 2.92 bits per heavy atom. The number of anilines is 1. The van der Waals surface area contributed by atoms with Crippen LogP contribution in [0.4, 0.5) is 5.69 Å². The fourth-order valence-electron chi connectivity index (χ4n) is 6.69. The van der Waals surface area contributed by atoms with E-state index in [2.05, 4.69) is 36.1 Å². The zero-order valence-corrected chi connectivity index (χ0v) is 15.0. The lowest BCUT2D eigenvalue weighted by atomic mass is 9.55. The number of carbonyl (C=O) groups is 1. The van der Waals surface area contributed by atoms with Gasteiger partial charge in [0, 0.05) is 43.1 Å². The SMILES string of the molecule is C/C=C1\CN2CCC34c5ccccc5N(C(C)=O)[C@H]3[C@@H](CO)[C@H]1C[C@H]24. The van der Waals surface area contributed by atoms with Crippen molar-refractivity contribution in [3.05, 3.63) is 41.5 Å². The third-order valence-corrected chi connectivity index (χ3v) is 7.50. The summed E-state index contributed by atoms with van der Waals surface area (Å²) in [4.78, 5) is 17.3. The molecule has 2 bridgehead atoms. The number of aliphatic hydroxyl groups excluding tert-OH is 1. The average Bonchev–Trinajstić information content (AvgIpc) is 3.15. The van der Waals surface area contributed by atoms with Gasteiger partial charge in [0.1, 0.15) is 0 Å². The van der Waals surface area contributed by atoms with Gasteiger partial charge in [-0.1, -0.05) is 29.8 Å². The lowest BCUT2D eigenvalue weighted by Gasteiger charge is -2.56. The summed E-state index contributed by atoms with van der Waals surface area (Å²) in [5, 5.41) is 10.4. The highest BCUT2D eigenvalue weighted by Gasteiger charge is 2.67. The molecule has 1 aromatic carbocycles. The van der Waals surface area contributed by atoms with Gasteiger partial charge in [-0.25, -0.2) is 0 Å². The Bertz CT molecular complexity index is 773.